The average Bonchev–Trinajstić information content (AvgIpc) is 3.43. The van der Waals surface area contributed by atoms with Gasteiger partial charge in [0.2, 0.25) is 0 Å². The molecule has 254 valence electrons. The molecule has 0 saturated heterocycles. The van der Waals surface area contributed by atoms with E-state index >= 15 is 0 Å². The topological polar surface area (TPSA) is 151 Å². The van der Waals surface area contributed by atoms with Crippen molar-refractivity contribution in [1.82, 2.24) is 9.78 Å². The molecule has 1 aromatic heterocycles. The summed E-state index contributed by atoms with van der Waals surface area (Å²) in [5.74, 6) is 0.593. The molecule has 4 rings (SSSR count). The molecule has 0 fully saturated rings. The molecular formula is C34H38ClN5O8. The van der Waals surface area contributed by atoms with E-state index in [2.05, 4.69) is 21.0 Å². The summed E-state index contributed by atoms with van der Waals surface area (Å²) in [6.45, 7) is 6.04. The number of benzene rings is 3. The number of carbonyl (C=O) groups excluding carboxylic acids is 3. The zero-order chi connectivity index (χ0) is 34.8. The fraction of sp³-hybridized carbons (Fsp3) is 0.294. The van der Waals surface area contributed by atoms with Crippen LogP contribution in [0.3, 0.4) is 0 Å². The van der Waals surface area contributed by atoms with Crippen molar-refractivity contribution in [1.29, 1.82) is 0 Å². The van der Waals surface area contributed by atoms with Gasteiger partial charge in [0.25, 0.3) is 11.8 Å². The van der Waals surface area contributed by atoms with Gasteiger partial charge in [0, 0.05) is 24.8 Å². The van der Waals surface area contributed by atoms with E-state index in [4.69, 9.17) is 35.3 Å². The number of amides is 3. The molecule has 0 spiro atoms. The van der Waals surface area contributed by atoms with Gasteiger partial charge in [-0.25, -0.2) is 4.79 Å². The quantitative estimate of drug-likeness (QED) is 0.135. The molecule has 0 aliphatic carbocycles. The Hall–Kier alpha value is -5.27. The van der Waals surface area contributed by atoms with Crippen LogP contribution in [0.25, 0.3) is 0 Å². The third kappa shape index (κ3) is 9.86. The van der Waals surface area contributed by atoms with Crippen LogP contribution in [0.1, 0.15) is 47.2 Å². The van der Waals surface area contributed by atoms with E-state index in [0.29, 0.717) is 23.9 Å². The first-order valence-electron chi connectivity index (χ1n) is 14.8. The van der Waals surface area contributed by atoms with Crippen LogP contribution in [-0.4, -0.2) is 67.8 Å². The Morgan fingerprint density at radius 3 is 2.17 bits per heavy atom. The highest BCUT2D eigenvalue weighted by atomic mass is 35.5. The molecule has 14 heteroatoms. The fourth-order valence-corrected chi connectivity index (χ4v) is 4.61. The van der Waals surface area contributed by atoms with Gasteiger partial charge in [-0.1, -0.05) is 23.7 Å². The van der Waals surface area contributed by atoms with Crippen LogP contribution in [0.2, 0.25) is 5.02 Å². The van der Waals surface area contributed by atoms with Crippen molar-refractivity contribution in [3.8, 4) is 17.2 Å². The highest BCUT2D eigenvalue weighted by Gasteiger charge is 2.22. The Bertz CT molecular complexity index is 1750. The number of ether oxygens (including phenoxy) is 5. The number of carbonyl (C=O) groups is 3. The number of rotatable bonds is 13. The summed E-state index contributed by atoms with van der Waals surface area (Å²) in [5, 5.41) is 13.0. The third-order valence-corrected chi connectivity index (χ3v) is 6.89. The van der Waals surface area contributed by atoms with Crippen molar-refractivity contribution in [3.05, 3.63) is 88.6 Å². The second kappa shape index (κ2) is 16.0. The van der Waals surface area contributed by atoms with Crippen LogP contribution in [0.4, 0.5) is 22.0 Å². The predicted octanol–water partition coefficient (Wildman–Crippen LogP) is 6.48. The predicted molar refractivity (Wildman–Crippen MR) is 182 cm³/mol. The van der Waals surface area contributed by atoms with Gasteiger partial charge in [0.15, 0.2) is 5.82 Å². The Morgan fingerprint density at radius 2 is 1.52 bits per heavy atom. The van der Waals surface area contributed by atoms with Crippen molar-refractivity contribution in [3.63, 3.8) is 0 Å². The molecule has 0 bridgehead atoms. The lowest BCUT2D eigenvalue weighted by atomic mass is 10.2. The van der Waals surface area contributed by atoms with Gasteiger partial charge in [-0.2, -0.15) is 5.10 Å². The van der Waals surface area contributed by atoms with E-state index in [1.54, 1.807) is 77.5 Å². The summed E-state index contributed by atoms with van der Waals surface area (Å²) in [4.78, 5) is 39.7. The molecular weight excluding hydrogens is 642 g/mol. The number of methoxy groups -OCH3 is 3. The van der Waals surface area contributed by atoms with Gasteiger partial charge >= 0.3 is 6.09 Å². The molecule has 1 heterocycles. The molecule has 0 radical (unpaired) electrons. The summed E-state index contributed by atoms with van der Waals surface area (Å²) in [6, 6.07) is 18.1. The van der Waals surface area contributed by atoms with E-state index in [-0.39, 0.29) is 46.6 Å². The second-order valence-corrected chi connectivity index (χ2v) is 11.8. The largest absolute Gasteiger partial charge is 0.497 e. The zero-order valence-corrected chi connectivity index (χ0v) is 28.3. The Morgan fingerprint density at radius 1 is 0.792 bits per heavy atom. The van der Waals surface area contributed by atoms with E-state index in [0.717, 1.165) is 5.56 Å². The minimum atomic E-state index is -0.758. The molecule has 0 aliphatic rings. The standard InChI is InChI=1S/C34H38ClN5O8/c1-34(2,3)48-33(43)37-27-18-24(47-16-15-44-4)12-13-26(27)36-32(42)28-19-30(38-31(41)22-9-14-29(46-6)25(35)17-22)39-40(28)20-21-7-10-23(45-5)11-8-21/h7-14,17-19H,15-16,20H2,1-6H3,(H,36,42)(H,37,43)(H,38,39,41). The van der Waals surface area contributed by atoms with E-state index in [1.807, 2.05) is 12.1 Å². The SMILES string of the molecule is COCCOc1ccc(NC(=O)c2cc(NC(=O)c3ccc(OC)c(Cl)c3)nn2Cc2ccc(OC)cc2)c(NC(=O)OC(C)(C)C)c1. The number of hydrogen-bond acceptors (Lipinski definition) is 9. The van der Waals surface area contributed by atoms with E-state index < -0.39 is 23.5 Å². The summed E-state index contributed by atoms with van der Waals surface area (Å²) < 4.78 is 28.1. The van der Waals surface area contributed by atoms with Gasteiger partial charge in [-0.3, -0.25) is 19.6 Å². The van der Waals surface area contributed by atoms with Gasteiger partial charge in [-0.15, -0.1) is 0 Å². The minimum absolute atomic E-state index is 0.123. The summed E-state index contributed by atoms with van der Waals surface area (Å²) in [7, 11) is 4.60. The van der Waals surface area contributed by atoms with Crippen LogP contribution in [0.5, 0.6) is 17.2 Å². The van der Waals surface area contributed by atoms with Gasteiger partial charge < -0.3 is 34.3 Å². The number of anilines is 3. The first-order chi connectivity index (χ1) is 22.9. The van der Waals surface area contributed by atoms with Crippen LogP contribution >= 0.6 is 11.6 Å². The monoisotopic (exact) mass is 679 g/mol. The van der Waals surface area contributed by atoms with Gasteiger partial charge in [0.1, 0.15) is 35.2 Å². The Balaban J connectivity index is 1.65. The summed E-state index contributed by atoms with van der Waals surface area (Å²) >= 11 is 6.22. The number of hydrogen-bond donors (Lipinski definition) is 3. The lowest BCUT2D eigenvalue weighted by Gasteiger charge is -2.21. The normalized spacial score (nSPS) is 11.0. The maximum absolute atomic E-state index is 13.8. The molecule has 0 saturated carbocycles. The zero-order valence-electron chi connectivity index (χ0n) is 27.5. The van der Waals surface area contributed by atoms with Gasteiger partial charge in [-0.05, 0) is 68.8 Å². The molecule has 13 nitrogen and oxygen atoms in total. The lowest BCUT2D eigenvalue weighted by Crippen LogP contribution is -2.27. The van der Waals surface area contributed by atoms with Crippen LogP contribution in [-0.2, 0) is 16.0 Å². The second-order valence-electron chi connectivity index (χ2n) is 11.4. The van der Waals surface area contributed by atoms with E-state index in [9.17, 15) is 14.4 Å². The molecule has 3 N–H and O–H groups in total. The van der Waals surface area contributed by atoms with Gasteiger partial charge in [0.05, 0.1) is 43.8 Å². The lowest BCUT2D eigenvalue weighted by molar-refractivity contribution is 0.0635. The number of nitrogens with one attached hydrogen (secondary N) is 3. The Labute approximate surface area is 283 Å². The first kappa shape index (κ1) is 35.6. The smallest absolute Gasteiger partial charge is 0.412 e. The molecule has 4 aromatic rings. The van der Waals surface area contributed by atoms with Crippen LogP contribution < -0.4 is 30.2 Å². The first-order valence-corrected chi connectivity index (χ1v) is 15.2. The molecule has 0 atom stereocenters. The number of aromatic nitrogens is 2. The van der Waals surface area contributed by atoms with Crippen molar-refractivity contribution in [2.45, 2.75) is 32.9 Å². The maximum Gasteiger partial charge on any atom is 0.412 e. The van der Waals surface area contributed by atoms with Crippen molar-refractivity contribution >= 4 is 46.7 Å². The Kier molecular flexibility index (Phi) is 11.9. The van der Waals surface area contributed by atoms with E-state index in [1.165, 1.54) is 23.9 Å². The highest BCUT2D eigenvalue weighted by molar-refractivity contribution is 6.32. The molecule has 0 unspecified atom stereocenters. The van der Waals surface area contributed by atoms with Crippen molar-refractivity contribution in [2.75, 3.05) is 50.5 Å². The molecule has 3 aromatic carbocycles. The maximum atomic E-state index is 13.8. The molecule has 0 aliphatic heterocycles. The molecule has 48 heavy (non-hydrogen) atoms. The third-order valence-electron chi connectivity index (χ3n) is 6.59. The average molecular weight is 680 g/mol. The number of nitrogens with zero attached hydrogens (tertiary/aromatic N) is 2. The summed E-state index contributed by atoms with van der Waals surface area (Å²) in [5.41, 5.74) is 0.947. The van der Waals surface area contributed by atoms with Crippen molar-refractivity contribution in [2.24, 2.45) is 0 Å². The fourth-order valence-electron chi connectivity index (χ4n) is 4.35. The highest BCUT2D eigenvalue weighted by Crippen LogP contribution is 2.29. The van der Waals surface area contributed by atoms with Crippen LogP contribution in [0.15, 0.2) is 66.7 Å². The van der Waals surface area contributed by atoms with Crippen LogP contribution in [0, 0.1) is 0 Å². The minimum Gasteiger partial charge on any atom is -0.497 e. The van der Waals surface area contributed by atoms with Crippen molar-refractivity contribution < 1.29 is 38.1 Å². The summed E-state index contributed by atoms with van der Waals surface area (Å²) in [6.07, 6.45) is -0.722. The molecule has 3 amide bonds. The number of halogens is 1.